The molecule has 1 N–H and O–H groups in total. The van der Waals surface area contributed by atoms with E-state index < -0.39 is 0 Å². The molecule has 0 unspecified atom stereocenters. The number of nitrogens with one attached hydrogen (secondary N) is 1. The summed E-state index contributed by atoms with van der Waals surface area (Å²) in [5, 5.41) is 2.87. The highest BCUT2D eigenvalue weighted by Gasteiger charge is 2.01. The minimum absolute atomic E-state index is 0.102. The lowest BCUT2D eigenvalue weighted by atomic mass is 10.1. The van der Waals surface area contributed by atoms with Gasteiger partial charge in [-0.05, 0) is 37.0 Å². The van der Waals surface area contributed by atoms with Crippen LogP contribution in [0.25, 0.3) is 0 Å². The second-order valence-corrected chi connectivity index (χ2v) is 4.29. The van der Waals surface area contributed by atoms with Gasteiger partial charge in [0, 0.05) is 13.0 Å². The van der Waals surface area contributed by atoms with Crippen LogP contribution in [0.4, 0.5) is 4.39 Å². The Bertz CT molecular complexity index is 376. The molecule has 94 valence electrons. The molecule has 17 heavy (non-hydrogen) atoms. The predicted molar refractivity (Wildman–Crippen MR) is 67.4 cm³/mol. The highest BCUT2D eigenvalue weighted by Crippen LogP contribution is 2.09. The first kappa shape index (κ1) is 13.7. The van der Waals surface area contributed by atoms with Crippen LogP contribution in [-0.4, -0.2) is 12.5 Å². The lowest BCUT2D eigenvalue weighted by Crippen LogP contribution is -2.25. The van der Waals surface area contributed by atoms with Crippen molar-refractivity contribution in [3.8, 4) is 0 Å². The minimum atomic E-state index is -0.180. The molecule has 0 spiro atoms. The van der Waals surface area contributed by atoms with Crippen LogP contribution in [0.3, 0.4) is 0 Å². The monoisotopic (exact) mass is 237 g/mol. The molecule has 0 aliphatic heterocycles. The zero-order chi connectivity index (χ0) is 12.7. The van der Waals surface area contributed by atoms with Crippen LogP contribution in [0.2, 0.25) is 0 Å². The molecule has 0 radical (unpaired) electrons. The summed E-state index contributed by atoms with van der Waals surface area (Å²) in [4.78, 5) is 11.3. The number of aryl methyl sites for hydroxylation is 1. The summed E-state index contributed by atoms with van der Waals surface area (Å²) in [6, 6.07) is 5.07. The van der Waals surface area contributed by atoms with Crippen molar-refractivity contribution in [2.24, 2.45) is 0 Å². The van der Waals surface area contributed by atoms with Gasteiger partial charge in [0.2, 0.25) is 5.91 Å². The topological polar surface area (TPSA) is 29.1 Å². The van der Waals surface area contributed by atoms with Crippen molar-refractivity contribution in [3.63, 3.8) is 0 Å². The van der Waals surface area contributed by atoms with Crippen molar-refractivity contribution < 1.29 is 9.18 Å². The summed E-state index contributed by atoms with van der Waals surface area (Å²) >= 11 is 0. The van der Waals surface area contributed by atoms with Gasteiger partial charge in [-0.2, -0.15) is 0 Å². The molecule has 0 aliphatic rings. The molecule has 0 aliphatic carbocycles. The van der Waals surface area contributed by atoms with Gasteiger partial charge in [-0.15, -0.1) is 0 Å². The van der Waals surface area contributed by atoms with Gasteiger partial charge in [-0.1, -0.05) is 25.5 Å². The zero-order valence-corrected chi connectivity index (χ0v) is 10.6. The Morgan fingerprint density at radius 3 is 2.82 bits per heavy atom. The van der Waals surface area contributed by atoms with E-state index in [-0.39, 0.29) is 11.7 Å². The second kappa shape index (κ2) is 7.05. The van der Waals surface area contributed by atoms with Gasteiger partial charge in [0.15, 0.2) is 0 Å². The maximum atomic E-state index is 13.0. The maximum absolute atomic E-state index is 13.0. The number of carbonyl (C=O) groups excluding carboxylic acids is 1. The van der Waals surface area contributed by atoms with E-state index in [0.717, 1.165) is 24.8 Å². The van der Waals surface area contributed by atoms with E-state index in [4.69, 9.17) is 0 Å². The number of amides is 1. The molecule has 0 fully saturated rings. The first-order valence-corrected chi connectivity index (χ1v) is 6.15. The van der Waals surface area contributed by atoms with E-state index in [9.17, 15) is 9.18 Å². The SMILES string of the molecule is CCCCC(=O)NCCc1ccc(F)c(C)c1. The Morgan fingerprint density at radius 1 is 1.41 bits per heavy atom. The molecule has 0 aromatic heterocycles. The predicted octanol–water partition coefficient (Wildman–Crippen LogP) is 2.98. The van der Waals surface area contributed by atoms with E-state index in [1.54, 1.807) is 13.0 Å². The normalized spacial score (nSPS) is 10.3. The molecule has 1 amide bonds. The number of benzene rings is 1. The standard InChI is InChI=1S/C14H20FNO/c1-3-4-5-14(17)16-9-8-12-6-7-13(15)11(2)10-12/h6-7,10H,3-5,8-9H2,1-2H3,(H,16,17). The van der Waals surface area contributed by atoms with Crippen LogP contribution in [0.15, 0.2) is 18.2 Å². The Hall–Kier alpha value is -1.38. The summed E-state index contributed by atoms with van der Waals surface area (Å²) < 4.78 is 13.0. The van der Waals surface area contributed by atoms with Crippen molar-refractivity contribution in [2.75, 3.05) is 6.54 Å². The van der Waals surface area contributed by atoms with E-state index in [1.165, 1.54) is 6.07 Å². The van der Waals surface area contributed by atoms with Crippen LogP contribution >= 0.6 is 0 Å². The molecule has 0 atom stereocenters. The number of unbranched alkanes of at least 4 members (excludes halogenated alkanes) is 1. The van der Waals surface area contributed by atoms with E-state index >= 15 is 0 Å². The number of hydrogen-bond donors (Lipinski definition) is 1. The molecule has 0 bridgehead atoms. The number of carbonyl (C=O) groups is 1. The van der Waals surface area contributed by atoms with Gasteiger partial charge in [-0.3, -0.25) is 4.79 Å². The number of halogens is 1. The molecule has 1 aromatic rings. The third-order valence-electron chi connectivity index (χ3n) is 2.72. The Labute approximate surface area is 102 Å². The molecule has 0 saturated heterocycles. The third kappa shape index (κ3) is 4.98. The van der Waals surface area contributed by atoms with Crippen molar-refractivity contribution in [3.05, 3.63) is 35.1 Å². The number of rotatable bonds is 6. The quantitative estimate of drug-likeness (QED) is 0.809. The fourth-order valence-electron chi connectivity index (χ4n) is 1.63. The average molecular weight is 237 g/mol. The lowest BCUT2D eigenvalue weighted by molar-refractivity contribution is -0.121. The third-order valence-corrected chi connectivity index (χ3v) is 2.72. The second-order valence-electron chi connectivity index (χ2n) is 4.29. The maximum Gasteiger partial charge on any atom is 0.220 e. The van der Waals surface area contributed by atoms with Crippen molar-refractivity contribution in [1.82, 2.24) is 5.32 Å². The average Bonchev–Trinajstić information content (AvgIpc) is 2.31. The molecule has 3 heteroatoms. The van der Waals surface area contributed by atoms with Gasteiger partial charge in [0.25, 0.3) is 0 Å². The Kier molecular flexibility index (Phi) is 5.67. The highest BCUT2D eigenvalue weighted by atomic mass is 19.1. The van der Waals surface area contributed by atoms with Gasteiger partial charge < -0.3 is 5.32 Å². The van der Waals surface area contributed by atoms with E-state index in [2.05, 4.69) is 12.2 Å². The van der Waals surface area contributed by atoms with Gasteiger partial charge >= 0.3 is 0 Å². The molecular formula is C14H20FNO. The van der Waals surface area contributed by atoms with Gasteiger partial charge in [-0.25, -0.2) is 4.39 Å². The Morgan fingerprint density at radius 2 is 2.18 bits per heavy atom. The van der Waals surface area contributed by atoms with Crippen LogP contribution < -0.4 is 5.32 Å². The molecular weight excluding hydrogens is 217 g/mol. The molecule has 0 heterocycles. The van der Waals surface area contributed by atoms with Crippen LogP contribution in [-0.2, 0) is 11.2 Å². The molecule has 1 rings (SSSR count). The summed E-state index contributed by atoms with van der Waals surface area (Å²) in [6.45, 7) is 4.43. The fraction of sp³-hybridized carbons (Fsp3) is 0.500. The summed E-state index contributed by atoms with van der Waals surface area (Å²) in [6.07, 6.45) is 3.31. The summed E-state index contributed by atoms with van der Waals surface area (Å²) in [5.41, 5.74) is 1.71. The largest absolute Gasteiger partial charge is 0.356 e. The molecule has 0 saturated carbocycles. The van der Waals surface area contributed by atoms with Crippen molar-refractivity contribution in [2.45, 2.75) is 39.5 Å². The van der Waals surface area contributed by atoms with E-state index in [1.807, 2.05) is 6.07 Å². The smallest absolute Gasteiger partial charge is 0.220 e. The molecule has 2 nitrogen and oxygen atoms in total. The van der Waals surface area contributed by atoms with Gasteiger partial charge in [0.05, 0.1) is 0 Å². The minimum Gasteiger partial charge on any atom is -0.356 e. The van der Waals surface area contributed by atoms with E-state index in [0.29, 0.717) is 18.5 Å². The van der Waals surface area contributed by atoms with Crippen LogP contribution in [0.5, 0.6) is 0 Å². The summed E-state index contributed by atoms with van der Waals surface area (Å²) in [7, 11) is 0. The highest BCUT2D eigenvalue weighted by molar-refractivity contribution is 5.75. The Balaban J connectivity index is 2.30. The van der Waals surface area contributed by atoms with Crippen molar-refractivity contribution >= 4 is 5.91 Å². The zero-order valence-electron chi connectivity index (χ0n) is 10.6. The van der Waals surface area contributed by atoms with Crippen molar-refractivity contribution in [1.29, 1.82) is 0 Å². The first-order valence-electron chi connectivity index (χ1n) is 6.15. The van der Waals surface area contributed by atoms with Gasteiger partial charge in [0.1, 0.15) is 5.82 Å². The fourth-order valence-corrected chi connectivity index (χ4v) is 1.63. The molecule has 1 aromatic carbocycles. The van der Waals surface area contributed by atoms with Crippen LogP contribution in [0, 0.1) is 12.7 Å². The van der Waals surface area contributed by atoms with Crippen LogP contribution in [0.1, 0.15) is 37.3 Å². The lowest BCUT2D eigenvalue weighted by Gasteiger charge is -2.06. The number of hydrogen-bond acceptors (Lipinski definition) is 1. The first-order chi connectivity index (χ1) is 8.13. The summed E-state index contributed by atoms with van der Waals surface area (Å²) in [5.74, 6) is -0.0774.